The van der Waals surface area contributed by atoms with Crippen molar-refractivity contribution in [3.05, 3.63) is 73.9 Å². The van der Waals surface area contributed by atoms with Gasteiger partial charge in [-0.05, 0) is 0 Å². The Morgan fingerprint density at radius 2 is 0.589 bits per heavy atom. The second kappa shape index (κ2) is 18.3. The van der Waals surface area contributed by atoms with Crippen molar-refractivity contribution in [1.82, 2.24) is 0 Å². The van der Waals surface area contributed by atoms with Gasteiger partial charge < -0.3 is 37.2 Å². The van der Waals surface area contributed by atoms with Crippen LogP contribution in [0, 0.1) is 41.5 Å². The molecule has 0 unspecified atom stereocenters. The van der Waals surface area contributed by atoms with Gasteiger partial charge in [0, 0.05) is 0 Å². The second-order valence-corrected chi connectivity index (χ2v) is 22.8. The zero-order valence-electron chi connectivity index (χ0n) is 38.5. The molecule has 0 aliphatic heterocycles. The maximum Gasteiger partial charge on any atom is -1.00 e. The minimum absolute atomic E-state index is 0. The first kappa shape index (κ1) is 51.8. The van der Waals surface area contributed by atoms with E-state index in [1.807, 2.05) is 0 Å². The maximum absolute atomic E-state index is 3.27. The minimum atomic E-state index is -3.27. The van der Waals surface area contributed by atoms with Crippen LogP contribution in [-0.2, 0) is 20.4 Å². The molecule has 0 N–H and O–H groups in total. The van der Waals surface area contributed by atoms with Crippen molar-refractivity contribution in [2.75, 3.05) is 114 Å². The number of allylic oxidation sites excluding steroid dienone is 4. The predicted molar refractivity (Wildman–Crippen MR) is 238 cm³/mol. The zero-order valence-corrected chi connectivity index (χ0v) is 43.4. The van der Waals surface area contributed by atoms with Crippen LogP contribution >= 0.6 is 0 Å². The van der Waals surface area contributed by atoms with Gasteiger partial charge in [-0.25, -0.2) is 0 Å². The zero-order chi connectivity index (χ0) is 40.6. The van der Waals surface area contributed by atoms with Crippen LogP contribution in [0.25, 0.3) is 0 Å². The molecule has 0 amide bonds. The molecule has 0 fully saturated rings. The summed E-state index contributed by atoms with van der Waals surface area (Å²) in [5, 5.41) is 4.46. The third-order valence-corrected chi connectivity index (χ3v) is 21.5. The molecule has 0 radical (unpaired) electrons. The number of benzene rings is 3. The van der Waals surface area contributed by atoms with Crippen LogP contribution in [0.2, 0.25) is 3.34 Å². The Hall–Kier alpha value is -2.26. The summed E-state index contributed by atoms with van der Waals surface area (Å²) < 4.78 is -0.297. The van der Waals surface area contributed by atoms with Crippen molar-refractivity contribution in [3.63, 3.8) is 0 Å². The van der Waals surface area contributed by atoms with E-state index >= 15 is 0 Å². The molecule has 0 bridgehead atoms. The SMILES string of the molecule is CC1=C(C)[C]([Ti+3])([Si](c2cc(N(C)C)c(C)c(N(C)C)c2C)(c2cc(N(C)C)c(C)c(N(C)C)c2C)c2cc(N(C)C)c(C)c(N(C)C)c2C)C(C)=C1C.[Cl-].[Cl-].[Cl-]. The number of halogens is 3. The molecule has 0 atom stereocenters. The molecule has 0 saturated carbocycles. The normalized spacial score (nSPS) is 13.6. The monoisotopic (exact) mass is 874 g/mol. The van der Waals surface area contributed by atoms with Crippen LogP contribution in [0.1, 0.15) is 61.1 Å². The van der Waals surface area contributed by atoms with Crippen molar-refractivity contribution in [3.8, 4) is 0 Å². The quantitative estimate of drug-likeness (QED) is 0.179. The summed E-state index contributed by atoms with van der Waals surface area (Å²) in [5.74, 6) is 0. The van der Waals surface area contributed by atoms with Crippen molar-refractivity contribution >= 4 is 57.8 Å². The van der Waals surface area contributed by atoms with E-state index in [4.69, 9.17) is 0 Å². The second-order valence-electron chi connectivity index (χ2n) is 17.0. The van der Waals surface area contributed by atoms with E-state index < -0.39 is 8.07 Å². The van der Waals surface area contributed by atoms with Crippen molar-refractivity contribution < 1.29 is 57.7 Å². The van der Waals surface area contributed by atoms with Gasteiger partial charge in [0.1, 0.15) is 0 Å². The standard InChI is InChI=1S/C45H69N6Si.3ClH.Ti/c1-26-27(2)29(4)45(28(26)3)52(39-23-36(46(11)12)30(5)42(33(39)8)49(17)18,40-24-37(47(13)14)31(6)43(34(40)9)50(19)20)41-25-38(48(15)16)32(7)44(35(41)10)51(21)22;;;;/h23-25H,1-22H3;3*1H;/q;;;;+3/p-3. The summed E-state index contributed by atoms with van der Waals surface area (Å²) in [6.45, 7) is 23.8. The van der Waals surface area contributed by atoms with Crippen LogP contribution in [0.5, 0.6) is 0 Å². The first-order chi connectivity index (χ1) is 24.3. The van der Waals surface area contributed by atoms with Gasteiger partial charge in [-0.3, -0.25) is 0 Å². The van der Waals surface area contributed by atoms with Crippen molar-refractivity contribution in [2.24, 2.45) is 0 Å². The molecule has 1 aliphatic carbocycles. The van der Waals surface area contributed by atoms with E-state index in [1.54, 1.807) is 0 Å². The molecule has 6 nitrogen and oxygen atoms in total. The van der Waals surface area contributed by atoms with Crippen LogP contribution in [0.15, 0.2) is 40.5 Å². The van der Waals surface area contributed by atoms with Gasteiger partial charge in [-0.1, -0.05) is 0 Å². The van der Waals surface area contributed by atoms with Crippen LogP contribution < -0.4 is 82.2 Å². The molecule has 3 aromatic rings. The van der Waals surface area contributed by atoms with Crippen LogP contribution in [0.4, 0.5) is 34.1 Å². The van der Waals surface area contributed by atoms with E-state index in [0.29, 0.717) is 0 Å². The van der Waals surface area contributed by atoms with E-state index in [9.17, 15) is 0 Å². The van der Waals surface area contributed by atoms with E-state index in [2.05, 4.69) is 222 Å². The first-order valence-electron chi connectivity index (χ1n) is 18.9. The van der Waals surface area contributed by atoms with Gasteiger partial charge >= 0.3 is 339 Å². The van der Waals surface area contributed by atoms with Gasteiger partial charge in [0.2, 0.25) is 0 Å². The fourth-order valence-corrected chi connectivity index (χ4v) is 19.4. The molecular formula is C45H69Cl3N6SiTi. The molecule has 11 heteroatoms. The fraction of sp³-hybridized carbons (Fsp3) is 0.511. The fourth-order valence-electron chi connectivity index (χ4n) is 10.2. The number of rotatable bonds is 10. The van der Waals surface area contributed by atoms with E-state index in [-0.39, 0.29) is 40.6 Å². The molecule has 308 valence electrons. The Morgan fingerprint density at radius 1 is 0.375 bits per heavy atom. The minimum Gasteiger partial charge on any atom is -1.00 e. The topological polar surface area (TPSA) is 19.4 Å². The molecule has 3 aromatic carbocycles. The van der Waals surface area contributed by atoms with Gasteiger partial charge in [-0.15, -0.1) is 0 Å². The molecule has 4 rings (SSSR count). The molecule has 0 spiro atoms. The summed E-state index contributed by atoms with van der Waals surface area (Å²) >= 11 is 2.63. The molecular weight excluding hydrogens is 807 g/mol. The summed E-state index contributed by atoms with van der Waals surface area (Å²) in [6, 6.07) is 7.85. The first-order valence-corrected chi connectivity index (χ1v) is 21.7. The van der Waals surface area contributed by atoms with Crippen LogP contribution in [-0.4, -0.2) is 92.6 Å². The Bertz CT molecular complexity index is 1820. The Morgan fingerprint density at radius 3 is 0.768 bits per heavy atom. The summed E-state index contributed by atoms with van der Waals surface area (Å²) in [7, 11) is 23.3. The maximum atomic E-state index is 2.63. The smallest absolute Gasteiger partial charge is 1.00 e. The molecule has 1 aliphatic rings. The van der Waals surface area contributed by atoms with Gasteiger partial charge in [0.05, 0.1) is 0 Å². The van der Waals surface area contributed by atoms with Crippen molar-refractivity contribution in [2.45, 2.75) is 72.6 Å². The predicted octanol–water partition coefficient (Wildman–Crippen LogP) is -1.65. The number of hydrogen-bond donors (Lipinski definition) is 0. The summed E-state index contributed by atoms with van der Waals surface area (Å²) in [4.78, 5) is 14.1. The van der Waals surface area contributed by atoms with Gasteiger partial charge in [-0.2, -0.15) is 0 Å². The number of nitrogens with zero attached hydrogens (tertiary/aromatic N) is 6. The Balaban J connectivity index is 0.00000523. The average molecular weight is 876 g/mol. The molecule has 0 aromatic heterocycles. The van der Waals surface area contributed by atoms with Gasteiger partial charge in [0.25, 0.3) is 0 Å². The summed E-state index contributed by atoms with van der Waals surface area (Å²) in [5.41, 5.74) is 21.7. The molecule has 56 heavy (non-hydrogen) atoms. The van der Waals surface area contributed by atoms with E-state index in [0.717, 1.165) is 0 Å². The van der Waals surface area contributed by atoms with Gasteiger partial charge in [0.15, 0.2) is 0 Å². The summed E-state index contributed by atoms with van der Waals surface area (Å²) in [6.07, 6.45) is 0. The van der Waals surface area contributed by atoms with Crippen LogP contribution in [0.3, 0.4) is 0 Å². The van der Waals surface area contributed by atoms with Crippen molar-refractivity contribution in [1.29, 1.82) is 0 Å². The third kappa shape index (κ3) is 7.56. The Kier molecular flexibility index (Phi) is 17.0. The largest absolute Gasteiger partial charge is 1.00 e. The average Bonchev–Trinajstić information content (AvgIpc) is 3.18. The van der Waals surface area contributed by atoms with E-state index in [1.165, 1.54) is 105 Å². The number of anilines is 6. The molecule has 0 heterocycles. The third-order valence-electron chi connectivity index (χ3n) is 12.7. The molecule has 0 saturated heterocycles. The Labute approximate surface area is 373 Å². The number of hydrogen-bond acceptors (Lipinski definition) is 6.